The quantitative estimate of drug-likeness (QED) is 0.369. The summed E-state index contributed by atoms with van der Waals surface area (Å²) < 4.78 is 11.2. The molecule has 4 rings (SSSR count). The monoisotopic (exact) mass is 389 g/mol. The van der Waals surface area contributed by atoms with Crippen molar-refractivity contribution in [1.82, 2.24) is 9.97 Å². The summed E-state index contributed by atoms with van der Waals surface area (Å²) in [5.41, 5.74) is 4.03. The number of benzene rings is 3. The van der Waals surface area contributed by atoms with Gasteiger partial charge in [-0.1, -0.05) is 36.4 Å². The van der Waals surface area contributed by atoms with Crippen molar-refractivity contribution in [1.29, 1.82) is 0 Å². The number of ether oxygens (including phenoxy) is 2. The van der Waals surface area contributed by atoms with E-state index in [0.29, 0.717) is 11.4 Å². The highest BCUT2D eigenvalue weighted by Gasteiger charge is 2.24. The normalized spacial score (nSPS) is 10.8. The first-order valence-corrected chi connectivity index (χ1v) is 9.05. The molecule has 0 radical (unpaired) electrons. The smallest absolute Gasteiger partial charge is 0.315 e. The highest BCUT2D eigenvalue weighted by molar-refractivity contribution is 5.81. The average Bonchev–Trinajstić information content (AvgIpc) is 3.15. The van der Waals surface area contributed by atoms with E-state index in [1.807, 2.05) is 55.5 Å². The molecule has 7 nitrogen and oxygen atoms in total. The van der Waals surface area contributed by atoms with Gasteiger partial charge in [-0.15, -0.1) is 0 Å². The zero-order valence-electron chi connectivity index (χ0n) is 16.0. The molecule has 4 aromatic rings. The van der Waals surface area contributed by atoms with Gasteiger partial charge in [0, 0.05) is 11.6 Å². The van der Waals surface area contributed by atoms with Crippen LogP contribution in [0.2, 0.25) is 0 Å². The molecule has 0 saturated heterocycles. The molecule has 0 bridgehead atoms. The molecule has 7 heteroatoms. The fraction of sp³-hybridized carbons (Fsp3) is 0.136. The van der Waals surface area contributed by atoms with Crippen LogP contribution in [0.15, 0.2) is 60.7 Å². The highest BCUT2D eigenvalue weighted by Crippen LogP contribution is 2.41. The number of nitro groups is 1. The van der Waals surface area contributed by atoms with Crippen molar-refractivity contribution in [3.63, 3.8) is 0 Å². The Hall–Kier alpha value is -3.87. The Kier molecular flexibility index (Phi) is 4.87. The van der Waals surface area contributed by atoms with Gasteiger partial charge in [-0.05, 0) is 36.2 Å². The van der Waals surface area contributed by atoms with E-state index in [1.54, 1.807) is 6.07 Å². The van der Waals surface area contributed by atoms with Crippen molar-refractivity contribution in [3.05, 3.63) is 81.9 Å². The summed E-state index contributed by atoms with van der Waals surface area (Å²) in [6.07, 6.45) is 0. The van der Waals surface area contributed by atoms with Crippen LogP contribution in [0.25, 0.3) is 22.4 Å². The summed E-state index contributed by atoms with van der Waals surface area (Å²) in [7, 11) is 1.46. The average molecular weight is 389 g/mol. The number of aromatic amines is 1. The molecule has 0 atom stereocenters. The van der Waals surface area contributed by atoms with Crippen LogP contribution < -0.4 is 9.47 Å². The largest absolute Gasteiger partial charge is 0.493 e. The maximum absolute atomic E-state index is 11.7. The lowest BCUT2D eigenvalue weighted by atomic mass is 10.1. The maximum atomic E-state index is 11.7. The number of aromatic nitrogens is 2. The van der Waals surface area contributed by atoms with E-state index >= 15 is 0 Å². The fourth-order valence-electron chi connectivity index (χ4n) is 3.15. The molecule has 0 aliphatic rings. The van der Waals surface area contributed by atoms with Crippen molar-refractivity contribution >= 4 is 16.7 Å². The van der Waals surface area contributed by atoms with E-state index < -0.39 is 4.92 Å². The van der Waals surface area contributed by atoms with E-state index in [2.05, 4.69) is 9.97 Å². The molecule has 1 N–H and O–H groups in total. The minimum Gasteiger partial charge on any atom is -0.493 e. The number of methoxy groups -OCH3 is 1. The Morgan fingerprint density at radius 1 is 1.10 bits per heavy atom. The summed E-state index contributed by atoms with van der Waals surface area (Å²) in [5, 5.41) is 11.7. The van der Waals surface area contributed by atoms with Crippen LogP contribution in [0.4, 0.5) is 5.69 Å². The molecular weight excluding hydrogens is 370 g/mol. The standard InChI is InChI=1S/C22H19N3O4/c1-14-8-9-17-18(10-14)24-22(23-17)16-11-19(25(26)27)21(20(12-16)28-2)29-13-15-6-4-3-5-7-15/h3-12H,13H2,1-2H3,(H,23,24). The third kappa shape index (κ3) is 3.75. The molecule has 0 amide bonds. The second-order valence-corrected chi connectivity index (χ2v) is 6.66. The van der Waals surface area contributed by atoms with Gasteiger partial charge in [-0.2, -0.15) is 0 Å². The number of H-pyrrole nitrogens is 1. The lowest BCUT2D eigenvalue weighted by molar-refractivity contribution is -0.386. The number of hydrogen-bond acceptors (Lipinski definition) is 5. The number of hydrogen-bond donors (Lipinski definition) is 1. The summed E-state index contributed by atoms with van der Waals surface area (Å²) in [6.45, 7) is 2.19. The summed E-state index contributed by atoms with van der Waals surface area (Å²) in [4.78, 5) is 19.0. The third-order valence-electron chi connectivity index (χ3n) is 4.59. The van der Waals surface area contributed by atoms with E-state index in [0.717, 1.165) is 22.2 Å². The minimum absolute atomic E-state index is 0.0945. The van der Waals surface area contributed by atoms with E-state index in [-0.39, 0.29) is 23.8 Å². The second-order valence-electron chi connectivity index (χ2n) is 6.66. The van der Waals surface area contributed by atoms with Gasteiger partial charge in [0.1, 0.15) is 12.4 Å². The van der Waals surface area contributed by atoms with Gasteiger partial charge in [0.25, 0.3) is 0 Å². The molecule has 0 aliphatic heterocycles. The van der Waals surface area contributed by atoms with Crippen molar-refractivity contribution in [3.8, 4) is 22.9 Å². The molecule has 0 fully saturated rings. The number of nitrogens with one attached hydrogen (secondary N) is 1. The fourth-order valence-corrected chi connectivity index (χ4v) is 3.15. The van der Waals surface area contributed by atoms with Gasteiger partial charge in [-0.3, -0.25) is 10.1 Å². The molecular formula is C22H19N3O4. The van der Waals surface area contributed by atoms with Gasteiger partial charge in [0.15, 0.2) is 5.75 Å². The molecule has 0 saturated carbocycles. The molecule has 0 unspecified atom stereocenters. The predicted octanol–water partition coefficient (Wildman–Crippen LogP) is 5.03. The van der Waals surface area contributed by atoms with Crippen LogP contribution in [0.3, 0.4) is 0 Å². The van der Waals surface area contributed by atoms with E-state index in [9.17, 15) is 10.1 Å². The van der Waals surface area contributed by atoms with Crippen molar-refractivity contribution in [2.45, 2.75) is 13.5 Å². The second kappa shape index (κ2) is 7.63. The lowest BCUT2D eigenvalue weighted by Crippen LogP contribution is -2.02. The van der Waals surface area contributed by atoms with Crippen molar-refractivity contribution in [2.24, 2.45) is 0 Å². The Labute approximate surface area is 167 Å². The summed E-state index contributed by atoms with van der Waals surface area (Å²) in [6, 6.07) is 18.5. The molecule has 3 aromatic carbocycles. The Balaban J connectivity index is 1.76. The number of rotatable bonds is 6. The number of fused-ring (bicyclic) bond motifs is 1. The first-order valence-electron chi connectivity index (χ1n) is 9.05. The molecule has 0 aliphatic carbocycles. The number of imidazole rings is 1. The number of nitro benzene ring substituents is 1. The first kappa shape index (κ1) is 18.5. The van der Waals surface area contributed by atoms with Crippen LogP contribution in [0.5, 0.6) is 11.5 Å². The van der Waals surface area contributed by atoms with Crippen LogP contribution in [0.1, 0.15) is 11.1 Å². The zero-order chi connectivity index (χ0) is 20.4. The lowest BCUT2D eigenvalue weighted by Gasteiger charge is -2.12. The van der Waals surface area contributed by atoms with Gasteiger partial charge < -0.3 is 14.5 Å². The van der Waals surface area contributed by atoms with E-state index in [1.165, 1.54) is 13.2 Å². The molecule has 1 aromatic heterocycles. The molecule has 146 valence electrons. The molecule has 29 heavy (non-hydrogen) atoms. The van der Waals surface area contributed by atoms with Gasteiger partial charge in [-0.25, -0.2) is 4.98 Å². The van der Waals surface area contributed by atoms with Crippen LogP contribution in [0, 0.1) is 17.0 Å². The summed E-state index contributed by atoms with van der Waals surface area (Å²) in [5.74, 6) is 0.903. The SMILES string of the molecule is COc1cc(-c2nc3ccc(C)cc3[nH]2)cc([N+](=O)[O-])c1OCc1ccccc1. The van der Waals surface area contributed by atoms with Gasteiger partial charge in [0.2, 0.25) is 5.75 Å². The zero-order valence-corrected chi connectivity index (χ0v) is 16.0. The Morgan fingerprint density at radius 3 is 2.62 bits per heavy atom. The number of nitrogens with zero attached hydrogens (tertiary/aromatic N) is 2. The molecule has 0 spiro atoms. The third-order valence-corrected chi connectivity index (χ3v) is 4.59. The highest BCUT2D eigenvalue weighted by atomic mass is 16.6. The van der Waals surface area contributed by atoms with Crippen molar-refractivity contribution < 1.29 is 14.4 Å². The Bertz CT molecular complexity index is 1190. The van der Waals surface area contributed by atoms with E-state index in [4.69, 9.17) is 9.47 Å². The van der Waals surface area contributed by atoms with Crippen LogP contribution in [-0.4, -0.2) is 22.0 Å². The van der Waals surface area contributed by atoms with Crippen LogP contribution >= 0.6 is 0 Å². The molecule has 1 heterocycles. The van der Waals surface area contributed by atoms with Crippen molar-refractivity contribution in [2.75, 3.05) is 7.11 Å². The first-order chi connectivity index (χ1) is 14.0. The summed E-state index contributed by atoms with van der Waals surface area (Å²) >= 11 is 0. The topological polar surface area (TPSA) is 90.3 Å². The van der Waals surface area contributed by atoms with Crippen LogP contribution in [-0.2, 0) is 6.61 Å². The maximum Gasteiger partial charge on any atom is 0.315 e. The Morgan fingerprint density at radius 2 is 1.90 bits per heavy atom. The number of aryl methyl sites for hydroxylation is 1. The van der Waals surface area contributed by atoms with Gasteiger partial charge in [0.05, 0.1) is 23.1 Å². The minimum atomic E-state index is -0.473. The van der Waals surface area contributed by atoms with Gasteiger partial charge >= 0.3 is 5.69 Å². The predicted molar refractivity (Wildman–Crippen MR) is 110 cm³/mol.